The van der Waals surface area contributed by atoms with E-state index in [1.165, 1.54) is 0 Å². The van der Waals surface area contributed by atoms with Gasteiger partial charge in [0.05, 0.1) is 0 Å². The van der Waals surface area contributed by atoms with Crippen LogP contribution in [0.4, 0.5) is 11.6 Å². The number of nitrogens with zero attached hydrogens (tertiary/aromatic N) is 3. The second kappa shape index (κ2) is 9.89. The maximum Gasteiger partial charge on any atom is 0.162 e. The van der Waals surface area contributed by atoms with Gasteiger partial charge in [-0.2, -0.15) is 0 Å². The quantitative estimate of drug-likeness (QED) is 0.471. The number of hydrogen-bond donors (Lipinski definition) is 2. The van der Waals surface area contributed by atoms with Crippen LogP contribution in [-0.2, 0) is 0 Å². The molecule has 1 aromatic heterocycles. The summed E-state index contributed by atoms with van der Waals surface area (Å²) in [7, 11) is 0. The van der Waals surface area contributed by atoms with Crippen LogP contribution in [0.25, 0.3) is 0 Å². The molecule has 0 aliphatic heterocycles. The summed E-state index contributed by atoms with van der Waals surface area (Å²) in [6, 6.07) is 3.61. The van der Waals surface area contributed by atoms with Gasteiger partial charge in [-0.15, -0.1) is 48.2 Å². The SMILES string of the molecule is C=CCN(CC=C)c1ccc(NN)nn1.Cl.Cl. The monoisotopic (exact) mass is 277 g/mol. The molecule has 0 aliphatic rings. The summed E-state index contributed by atoms with van der Waals surface area (Å²) in [4.78, 5) is 1.99. The van der Waals surface area contributed by atoms with Crippen molar-refractivity contribution in [2.24, 2.45) is 5.84 Å². The van der Waals surface area contributed by atoms with E-state index in [2.05, 4.69) is 28.8 Å². The number of nitrogens with one attached hydrogen (secondary N) is 1. The normalized spacial score (nSPS) is 8.29. The molecule has 96 valence electrons. The molecule has 7 heteroatoms. The van der Waals surface area contributed by atoms with E-state index in [0.717, 1.165) is 5.82 Å². The summed E-state index contributed by atoms with van der Waals surface area (Å²) in [5.41, 5.74) is 2.42. The van der Waals surface area contributed by atoms with E-state index >= 15 is 0 Å². The molecule has 0 saturated carbocycles. The molecule has 0 radical (unpaired) electrons. The summed E-state index contributed by atoms with van der Waals surface area (Å²) in [5.74, 6) is 6.50. The fourth-order valence-electron chi connectivity index (χ4n) is 1.14. The first kappa shape index (κ1) is 18.1. The van der Waals surface area contributed by atoms with Gasteiger partial charge in [0.2, 0.25) is 0 Å². The zero-order chi connectivity index (χ0) is 11.1. The van der Waals surface area contributed by atoms with Crippen LogP contribution in [0.15, 0.2) is 37.4 Å². The van der Waals surface area contributed by atoms with Crippen molar-refractivity contribution in [3.63, 3.8) is 0 Å². The van der Waals surface area contributed by atoms with E-state index in [0.29, 0.717) is 18.9 Å². The van der Waals surface area contributed by atoms with E-state index in [1.807, 2.05) is 11.0 Å². The number of nitrogen functional groups attached to an aromatic ring is 1. The highest BCUT2D eigenvalue weighted by Crippen LogP contribution is 2.10. The molecular weight excluding hydrogens is 261 g/mol. The molecule has 3 N–H and O–H groups in total. The van der Waals surface area contributed by atoms with Crippen molar-refractivity contribution in [1.29, 1.82) is 0 Å². The Morgan fingerprint density at radius 3 is 2.12 bits per heavy atom. The van der Waals surface area contributed by atoms with Gasteiger partial charge in [0, 0.05) is 13.1 Å². The van der Waals surface area contributed by atoms with Crippen molar-refractivity contribution in [1.82, 2.24) is 10.2 Å². The average molecular weight is 278 g/mol. The van der Waals surface area contributed by atoms with Crippen LogP contribution in [-0.4, -0.2) is 23.3 Å². The number of hydrazine groups is 1. The molecule has 0 bridgehead atoms. The maximum atomic E-state index is 5.19. The Kier molecular flexibility index (Phi) is 10.5. The van der Waals surface area contributed by atoms with E-state index < -0.39 is 0 Å². The van der Waals surface area contributed by atoms with Gasteiger partial charge in [-0.05, 0) is 12.1 Å². The van der Waals surface area contributed by atoms with E-state index in [9.17, 15) is 0 Å². The number of anilines is 2. The Labute approximate surface area is 114 Å². The molecule has 1 aromatic rings. The Morgan fingerprint density at radius 1 is 1.18 bits per heavy atom. The predicted molar refractivity (Wildman–Crippen MR) is 76.9 cm³/mol. The lowest BCUT2D eigenvalue weighted by Gasteiger charge is -2.19. The molecule has 0 fully saturated rings. The smallest absolute Gasteiger partial charge is 0.162 e. The lowest BCUT2D eigenvalue weighted by Crippen LogP contribution is -2.24. The van der Waals surface area contributed by atoms with Gasteiger partial charge >= 0.3 is 0 Å². The zero-order valence-electron chi connectivity index (χ0n) is 9.37. The third-order valence-electron chi connectivity index (χ3n) is 1.82. The van der Waals surface area contributed by atoms with E-state index in [-0.39, 0.29) is 24.8 Å². The Hall–Kier alpha value is -1.30. The first-order chi connectivity index (χ1) is 7.31. The van der Waals surface area contributed by atoms with Gasteiger partial charge in [0.25, 0.3) is 0 Å². The summed E-state index contributed by atoms with van der Waals surface area (Å²) in [5, 5.41) is 7.91. The molecular formula is C10H17Cl2N5. The fraction of sp³-hybridized carbons (Fsp3) is 0.200. The first-order valence-electron chi connectivity index (χ1n) is 4.59. The highest BCUT2D eigenvalue weighted by Gasteiger charge is 2.04. The van der Waals surface area contributed by atoms with E-state index in [4.69, 9.17) is 5.84 Å². The highest BCUT2D eigenvalue weighted by atomic mass is 35.5. The van der Waals surface area contributed by atoms with Crippen molar-refractivity contribution in [3.8, 4) is 0 Å². The van der Waals surface area contributed by atoms with Crippen LogP contribution in [0.5, 0.6) is 0 Å². The van der Waals surface area contributed by atoms with Gasteiger partial charge in [-0.3, -0.25) is 0 Å². The molecule has 1 rings (SSSR count). The minimum Gasteiger partial charge on any atom is -0.348 e. The Morgan fingerprint density at radius 2 is 1.76 bits per heavy atom. The minimum atomic E-state index is 0. The molecule has 0 atom stereocenters. The zero-order valence-corrected chi connectivity index (χ0v) is 11.0. The molecule has 0 amide bonds. The first-order valence-corrected chi connectivity index (χ1v) is 4.59. The maximum absolute atomic E-state index is 5.19. The number of nitrogens with two attached hydrogens (primary N) is 1. The largest absolute Gasteiger partial charge is 0.348 e. The van der Waals surface area contributed by atoms with Crippen LogP contribution < -0.4 is 16.2 Å². The second-order valence-corrected chi connectivity index (χ2v) is 2.90. The third kappa shape index (κ3) is 5.53. The predicted octanol–water partition coefficient (Wildman–Crippen LogP) is 1.78. The van der Waals surface area contributed by atoms with Crippen molar-refractivity contribution >= 4 is 36.4 Å². The van der Waals surface area contributed by atoms with Crippen LogP contribution in [0.1, 0.15) is 0 Å². The van der Waals surface area contributed by atoms with Crippen LogP contribution >= 0.6 is 24.8 Å². The molecule has 0 saturated heterocycles. The van der Waals surface area contributed by atoms with Crippen LogP contribution in [0.2, 0.25) is 0 Å². The molecule has 17 heavy (non-hydrogen) atoms. The second-order valence-electron chi connectivity index (χ2n) is 2.90. The summed E-state index contributed by atoms with van der Waals surface area (Å²) < 4.78 is 0. The van der Waals surface area contributed by atoms with Gasteiger partial charge < -0.3 is 10.3 Å². The Balaban J connectivity index is 0. The summed E-state index contributed by atoms with van der Waals surface area (Å²) >= 11 is 0. The lowest BCUT2D eigenvalue weighted by atomic mass is 10.4. The number of aromatic nitrogens is 2. The molecule has 0 aromatic carbocycles. The average Bonchev–Trinajstić information content (AvgIpc) is 2.29. The minimum absolute atomic E-state index is 0. The third-order valence-corrected chi connectivity index (χ3v) is 1.82. The number of rotatable bonds is 6. The highest BCUT2D eigenvalue weighted by molar-refractivity contribution is 5.85. The molecule has 0 aliphatic carbocycles. The number of hydrogen-bond acceptors (Lipinski definition) is 5. The van der Waals surface area contributed by atoms with Crippen LogP contribution in [0, 0.1) is 0 Å². The summed E-state index contributed by atoms with van der Waals surface area (Å²) in [6.45, 7) is 8.78. The lowest BCUT2D eigenvalue weighted by molar-refractivity contribution is 0.886. The van der Waals surface area contributed by atoms with Crippen molar-refractivity contribution in [3.05, 3.63) is 37.4 Å². The molecule has 0 spiro atoms. The molecule has 0 unspecified atom stereocenters. The molecule has 5 nitrogen and oxygen atoms in total. The van der Waals surface area contributed by atoms with Gasteiger partial charge in [0.15, 0.2) is 11.6 Å². The topological polar surface area (TPSA) is 67.1 Å². The van der Waals surface area contributed by atoms with Gasteiger partial charge in [-0.25, -0.2) is 5.84 Å². The van der Waals surface area contributed by atoms with Crippen molar-refractivity contribution in [2.75, 3.05) is 23.4 Å². The standard InChI is InChI=1S/C10H15N5.2ClH/c1-3-7-15(8-4-2)10-6-5-9(12-11)13-14-10;;/h3-6H,1-2,7-8,11H2,(H,12,13);2*1H. The fourth-order valence-corrected chi connectivity index (χ4v) is 1.14. The van der Waals surface area contributed by atoms with Gasteiger partial charge in [0.1, 0.15) is 0 Å². The number of halogens is 2. The van der Waals surface area contributed by atoms with E-state index in [1.54, 1.807) is 18.2 Å². The van der Waals surface area contributed by atoms with Crippen LogP contribution in [0.3, 0.4) is 0 Å². The molecule has 1 heterocycles. The summed E-state index contributed by atoms with van der Waals surface area (Å²) in [6.07, 6.45) is 3.61. The van der Waals surface area contributed by atoms with Crippen molar-refractivity contribution in [2.45, 2.75) is 0 Å². The van der Waals surface area contributed by atoms with Gasteiger partial charge in [-0.1, -0.05) is 12.2 Å². The van der Waals surface area contributed by atoms with Crippen molar-refractivity contribution < 1.29 is 0 Å². The Bertz CT molecular complexity index is 318.